The van der Waals surface area contributed by atoms with E-state index in [2.05, 4.69) is 19.2 Å². The van der Waals surface area contributed by atoms with E-state index in [4.69, 9.17) is 4.74 Å². The molecule has 1 heterocycles. The predicted octanol–water partition coefficient (Wildman–Crippen LogP) is 4.84. The normalized spacial score (nSPS) is 15.1. The molecule has 2 aromatic carbocycles. The second-order valence-electron chi connectivity index (χ2n) is 7.90. The summed E-state index contributed by atoms with van der Waals surface area (Å²) in [5.74, 6) is 0.950. The first-order chi connectivity index (χ1) is 13.9. The molecule has 1 N–H and O–H groups in total. The molecule has 154 valence electrons. The van der Waals surface area contributed by atoms with Crippen LogP contribution in [0.2, 0.25) is 0 Å². The number of nitrogens with zero attached hydrogens (tertiary/aromatic N) is 1. The SMILES string of the molecule is CC(Oc1ccc(C(C)C)cc1)C(=O)Nc1ccc(C(=O)N2CCCCC2)cc1. The summed E-state index contributed by atoms with van der Waals surface area (Å²) in [6.45, 7) is 7.64. The summed E-state index contributed by atoms with van der Waals surface area (Å²) in [6.07, 6.45) is 2.70. The maximum Gasteiger partial charge on any atom is 0.265 e. The number of anilines is 1. The molecule has 2 aromatic rings. The number of carbonyl (C=O) groups is 2. The zero-order valence-corrected chi connectivity index (χ0v) is 17.5. The Bertz CT molecular complexity index is 822. The standard InChI is InChI=1S/C24H30N2O3/c1-17(2)19-9-13-22(14-10-19)29-18(3)23(27)25-21-11-7-20(8-12-21)24(28)26-15-5-4-6-16-26/h7-14,17-18H,4-6,15-16H2,1-3H3,(H,25,27). The first-order valence-corrected chi connectivity index (χ1v) is 10.4. The van der Waals surface area contributed by atoms with Crippen LogP contribution in [0.1, 0.15) is 61.9 Å². The van der Waals surface area contributed by atoms with Gasteiger partial charge in [-0.3, -0.25) is 9.59 Å². The van der Waals surface area contributed by atoms with Crippen LogP contribution >= 0.6 is 0 Å². The molecule has 3 rings (SSSR count). The Morgan fingerprint density at radius 2 is 1.52 bits per heavy atom. The molecule has 0 aliphatic carbocycles. The molecule has 1 atom stereocenters. The fraction of sp³-hybridized carbons (Fsp3) is 0.417. The van der Waals surface area contributed by atoms with Crippen molar-refractivity contribution in [2.45, 2.75) is 52.1 Å². The van der Waals surface area contributed by atoms with Crippen LogP contribution < -0.4 is 10.1 Å². The number of carbonyl (C=O) groups excluding carboxylic acids is 2. The van der Waals surface area contributed by atoms with E-state index in [0.29, 0.717) is 22.9 Å². The van der Waals surface area contributed by atoms with Crippen molar-refractivity contribution in [1.29, 1.82) is 0 Å². The molecule has 0 aromatic heterocycles. The molecule has 1 aliphatic rings. The number of amides is 2. The van der Waals surface area contributed by atoms with Crippen LogP contribution in [-0.4, -0.2) is 35.9 Å². The summed E-state index contributed by atoms with van der Waals surface area (Å²) in [7, 11) is 0. The van der Waals surface area contributed by atoms with E-state index in [1.807, 2.05) is 29.2 Å². The maximum absolute atomic E-state index is 12.5. The summed E-state index contributed by atoms with van der Waals surface area (Å²) in [6, 6.07) is 14.9. The lowest BCUT2D eigenvalue weighted by atomic mass is 10.0. The average Bonchev–Trinajstić information content (AvgIpc) is 2.74. The van der Waals surface area contributed by atoms with Crippen molar-refractivity contribution in [2.24, 2.45) is 0 Å². The third-order valence-electron chi connectivity index (χ3n) is 5.27. The monoisotopic (exact) mass is 394 g/mol. The number of ether oxygens (including phenoxy) is 1. The van der Waals surface area contributed by atoms with Gasteiger partial charge in [0.05, 0.1) is 0 Å². The van der Waals surface area contributed by atoms with E-state index in [-0.39, 0.29) is 11.8 Å². The zero-order chi connectivity index (χ0) is 20.8. The molecule has 5 nitrogen and oxygen atoms in total. The Kier molecular flexibility index (Phi) is 6.91. The van der Waals surface area contributed by atoms with E-state index in [0.717, 1.165) is 25.9 Å². The van der Waals surface area contributed by atoms with E-state index in [9.17, 15) is 9.59 Å². The van der Waals surface area contributed by atoms with Gasteiger partial charge in [0.1, 0.15) is 5.75 Å². The third-order valence-corrected chi connectivity index (χ3v) is 5.27. The number of piperidine rings is 1. The van der Waals surface area contributed by atoms with Crippen molar-refractivity contribution in [3.63, 3.8) is 0 Å². The Morgan fingerprint density at radius 1 is 0.897 bits per heavy atom. The van der Waals surface area contributed by atoms with Gasteiger partial charge < -0.3 is 15.0 Å². The van der Waals surface area contributed by atoms with Crippen molar-refractivity contribution in [1.82, 2.24) is 4.90 Å². The lowest BCUT2D eigenvalue weighted by Gasteiger charge is -2.26. The molecule has 1 unspecified atom stereocenters. The molecule has 0 saturated carbocycles. The van der Waals surface area contributed by atoms with E-state index < -0.39 is 6.10 Å². The fourth-order valence-corrected chi connectivity index (χ4v) is 3.41. The van der Waals surface area contributed by atoms with Crippen LogP contribution in [-0.2, 0) is 4.79 Å². The van der Waals surface area contributed by atoms with Gasteiger partial charge in [0.25, 0.3) is 11.8 Å². The maximum atomic E-state index is 12.5. The Labute approximate surface area is 173 Å². The van der Waals surface area contributed by atoms with Crippen molar-refractivity contribution in [3.8, 4) is 5.75 Å². The summed E-state index contributed by atoms with van der Waals surface area (Å²) in [5, 5.41) is 2.85. The number of hydrogen-bond acceptors (Lipinski definition) is 3. The van der Waals surface area contributed by atoms with Crippen LogP contribution in [0.4, 0.5) is 5.69 Å². The fourth-order valence-electron chi connectivity index (χ4n) is 3.41. The van der Waals surface area contributed by atoms with E-state index in [1.165, 1.54) is 12.0 Å². The molecule has 0 radical (unpaired) electrons. The van der Waals surface area contributed by atoms with Gasteiger partial charge in [-0.25, -0.2) is 0 Å². The number of nitrogens with one attached hydrogen (secondary N) is 1. The first-order valence-electron chi connectivity index (χ1n) is 10.4. The largest absolute Gasteiger partial charge is 0.481 e. The van der Waals surface area contributed by atoms with Crippen LogP contribution in [0, 0.1) is 0 Å². The predicted molar refractivity (Wildman–Crippen MR) is 115 cm³/mol. The number of benzene rings is 2. The molecular weight excluding hydrogens is 364 g/mol. The van der Waals surface area contributed by atoms with Gasteiger partial charge >= 0.3 is 0 Å². The van der Waals surface area contributed by atoms with Gasteiger partial charge in [-0.1, -0.05) is 26.0 Å². The highest BCUT2D eigenvalue weighted by atomic mass is 16.5. The van der Waals surface area contributed by atoms with Crippen LogP contribution in [0.15, 0.2) is 48.5 Å². The lowest BCUT2D eigenvalue weighted by Crippen LogP contribution is -2.35. The first kappa shape index (κ1) is 20.9. The van der Waals surface area contributed by atoms with E-state index >= 15 is 0 Å². The molecule has 0 spiro atoms. The molecule has 1 fully saturated rings. The second-order valence-corrected chi connectivity index (χ2v) is 7.90. The van der Waals surface area contributed by atoms with Gasteiger partial charge in [0.2, 0.25) is 0 Å². The smallest absolute Gasteiger partial charge is 0.265 e. The Morgan fingerprint density at radius 3 is 2.10 bits per heavy atom. The molecule has 29 heavy (non-hydrogen) atoms. The molecule has 1 saturated heterocycles. The van der Waals surface area contributed by atoms with Gasteiger partial charge in [0, 0.05) is 24.3 Å². The highest BCUT2D eigenvalue weighted by Crippen LogP contribution is 2.20. The summed E-state index contributed by atoms with van der Waals surface area (Å²) in [5.41, 5.74) is 2.53. The van der Waals surface area contributed by atoms with Crippen LogP contribution in [0.25, 0.3) is 0 Å². The third kappa shape index (κ3) is 5.59. The quantitative estimate of drug-likeness (QED) is 0.762. The minimum absolute atomic E-state index is 0.0594. The summed E-state index contributed by atoms with van der Waals surface area (Å²) < 4.78 is 5.75. The number of likely N-dealkylation sites (tertiary alicyclic amines) is 1. The van der Waals surface area contributed by atoms with Crippen LogP contribution in [0.5, 0.6) is 5.75 Å². The van der Waals surface area contributed by atoms with Gasteiger partial charge in [-0.05, 0) is 74.1 Å². The van der Waals surface area contributed by atoms with E-state index in [1.54, 1.807) is 31.2 Å². The highest BCUT2D eigenvalue weighted by Gasteiger charge is 2.19. The van der Waals surface area contributed by atoms with Crippen molar-refractivity contribution in [2.75, 3.05) is 18.4 Å². The zero-order valence-electron chi connectivity index (χ0n) is 17.5. The Hall–Kier alpha value is -2.82. The van der Waals surface area contributed by atoms with Gasteiger partial charge in [-0.2, -0.15) is 0 Å². The van der Waals surface area contributed by atoms with Crippen LogP contribution in [0.3, 0.4) is 0 Å². The molecule has 1 aliphatic heterocycles. The Balaban J connectivity index is 1.54. The second kappa shape index (κ2) is 9.59. The molecule has 5 heteroatoms. The van der Waals surface area contributed by atoms with Crippen molar-refractivity contribution < 1.29 is 14.3 Å². The highest BCUT2D eigenvalue weighted by molar-refractivity contribution is 5.96. The van der Waals surface area contributed by atoms with Gasteiger partial charge in [0.15, 0.2) is 6.10 Å². The molecular formula is C24H30N2O3. The summed E-state index contributed by atoms with van der Waals surface area (Å²) >= 11 is 0. The average molecular weight is 395 g/mol. The summed E-state index contributed by atoms with van der Waals surface area (Å²) in [4.78, 5) is 26.9. The van der Waals surface area contributed by atoms with Gasteiger partial charge in [-0.15, -0.1) is 0 Å². The lowest BCUT2D eigenvalue weighted by molar-refractivity contribution is -0.122. The van der Waals surface area contributed by atoms with Crippen molar-refractivity contribution >= 4 is 17.5 Å². The topological polar surface area (TPSA) is 58.6 Å². The van der Waals surface area contributed by atoms with Crippen molar-refractivity contribution in [3.05, 3.63) is 59.7 Å². The number of hydrogen-bond donors (Lipinski definition) is 1. The minimum Gasteiger partial charge on any atom is -0.481 e. The minimum atomic E-state index is -0.630. The molecule has 2 amide bonds. The number of rotatable bonds is 6. The molecule has 0 bridgehead atoms.